The number of nitrogens with two attached hydrogens (primary N) is 1. The van der Waals surface area contributed by atoms with E-state index in [2.05, 4.69) is 0 Å². The number of aliphatic hydroxyl groups is 2. The molecule has 0 radical (unpaired) electrons. The number of rotatable bonds is 3. The number of hydrogen-bond donors (Lipinski definition) is 3. The molecule has 4 heteroatoms. The van der Waals surface area contributed by atoms with Crippen LogP contribution < -0.4 is 5.73 Å². The van der Waals surface area contributed by atoms with E-state index in [0.717, 1.165) is 5.56 Å². The maximum atomic E-state index is 9.68. The van der Waals surface area contributed by atoms with Gasteiger partial charge in [-0.1, -0.05) is 29.3 Å². The van der Waals surface area contributed by atoms with E-state index in [9.17, 15) is 10.2 Å². The van der Waals surface area contributed by atoms with Crippen LogP contribution in [-0.4, -0.2) is 22.9 Å². The van der Waals surface area contributed by atoms with Crippen molar-refractivity contribution in [3.8, 4) is 0 Å². The minimum Gasteiger partial charge on any atom is -0.389 e. The first-order chi connectivity index (χ1) is 6.56. The standard InChI is InChI=1S/C10H14ClNO2/c1-6-2-3-8(11)7(4-6)10(14)9(13)5-12/h2-4,9-10,13-14H,5,12H2,1H3. The summed E-state index contributed by atoms with van der Waals surface area (Å²) in [5.41, 5.74) is 6.74. The van der Waals surface area contributed by atoms with Crippen LogP contribution in [0.2, 0.25) is 5.02 Å². The number of benzene rings is 1. The Bertz CT molecular complexity index is 317. The fourth-order valence-corrected chi connectivity index (χ4v) is 1.46. The molecule has 1 rings (SSSR count). The van der Waals surface area contributed by atoms with Crippen molar-refractivity contribution < 1.29 is 10.2 Å². The molecule has 0 amide bonds. The van der Waals surface area contributed by atoms with Gasteiger partial charge in [-0.15, -0.1) is 0 Å². The first kappa shape index (κ1) is 11.5. The minimum atomic E-state index is -1.02. The van der Waals surface area contributed by atoms with Crippen LogP contribution >= 0.6 is 11.6 Å². The zero-order chi connectivity index (χ0) is 10.7. The molecule has 1 aromatic carbocycles. The molecule has 0 aliphatic heterocycles. The van der Waals surface area contributed by atoms with Crippen LogP contribution in [0.1, 0.15) is 17.2 Å². The molecule has 0 bridgehead atoms. The van der Waals surface area contributed by atoms with Gasteiger partial charge in [-0.2, -0.15) is 0 Å². The van der Waals surface area contributed by atoms with E-state index in [-0.39, 0.29) is 6.54 Å². The van der Waals surface area contributed by atoms with E-state index in [4.69, 9.17) is 17.3 Å². The summed E-state index contributed by atoms with van der Waals surface area (Å²) in [6.07, 6.45) is -2.00. The Morgan fingerprint density at radius 3 is 2.64 bits per heavy atom. The van der Waals surface area contributed by atoms with Gasteiger partial charge in [-0.25, -0.2) is 0 Å². The van der Waals surface area contributed by atoms with Gasteiger partial charge in [-0.05, 0) is 13.0 Å². The van der Waals surface area contributed by atoms with Crippen LogP contribution in [0.5, 0.6) is 0 Å². The monoisotopic (exact) mass is 215 g/mol. The Labute approximate surface area is 88.1 Å². The predicted octanol–water partition coefficient (Wildman–Crippen LogP) is 1.00. The third kappa shape index (κ3) is 2.45. The zero-order valence-corrected chi connectivity index (χ0v) is 8.70. The molecule has 3 nitrogen and oxygen atoms in total. The second kappa shape index (κ2) is 4.75. The molecule has 0 aliphatic rings. The highest BCUT2D eigenvalue weighted by atomic mass is 35.5. The third-order valence-corrected chi connectivity index (χ3v) is 2.42. The lowest BCUT2D eigenvalue weighted by molar-refractivity contribution is 0.0244. The van der Waals surface area contributed by atoms with Gasteiger partial charge in [0.25, 0.3) is 0 Å². The summed E-state index contributed by atoms with van der Waals surface area (Å²) in [5.74, 6) is 0. The van der Waals surface area contributed by atoms with Crippen molar-refractivity contribution in [2.75, 3.05) is 6.54 Å². The summed E-state index contributed by atoms with van der Waals surface area (Å²) in [7, 11) is 0. The van der Waals surface area contributed by atoms with Crippen LogP contribution in [0.4, 0.5) is 0 Å². The first-order valence-electron chi connectivity index (χ1n) is 4.38. The van der Waals surface area contributed by atoms with Crippen molar-refractivity contribution in [2.24, 2.45) is 5.73 Å². The fraction of sp³-hybridized carbons (Fsp3) is 0.400. The first-order valence-corrected chi connectivity index (χ1v) is 4.76. The lowest BCUT2D eigenvalue weighted by Crippen LogP contribution is -2.27. The van der Waals surface area contributed by atoms with Gasteiger partial charge < -0.3 is 15.9 Å². The Morgan fingerprint density at radius 2 is 2.07 bits per heavy atom. The van der Waals surface area contributed by atoms with Gasteiger partial charge in [0.2, 0.25) is 0 Å². The van der Waals surface area contributed by atoms with Crippen molar-refractivity contribution in [1.29, 1.82) is 0 Å². The molecule has 14 heavy (non-hydrogen) atoms. The third-order valence-electron chi connectivity index (χ3n) is 2.08. The number of hydrogen-bond acceptors (Lipinski definition) is 3. The molecule has 0 spiro atoms. The molecule has 4 N–H and O–H groups in total. The molecule has 0 saturated carbocycles. The van der Waals surface area contributed by atoms with Gasteiger partial charge in [0.05, 0.1) is 6.10 Å². The number of halogens is 1. The van der Waals surface area contributed by atoms with Crippen LogP contribution in [0.15, 0.2) is 18.2 Å². The van der Waals surface area contributed by atoms with Crippen LogP contribution in [0, 0.1) is 6.92 Å². The second-order valence-corrected chi connectivity index (χ2v) is 3.68. The van der Waals surface area contributed by atoms with Crippen molar-refractivity contribution in [3.05, 3.63) is 34.3 Å². The summed E-state index contributed by atoms with van der Waals surface area (Å²) in [6, 6.07) is 5.28. The summed E-state index contributed by atoms with van der Waals surface area (Å²) in [6.45, 7) is 1.90. The van der Waals surface area contributed by atoms with Crippen LogP contribution in [-0.2, 0) is 0 Å². The Morgan fingerprint density at radius 1 is 1.43 bits per heavy atom. The molecule has 0 aromatic heterocycles. The number of aliphatic hydroxyl groups excluding tert-OH is 2. The smallest absolute Gasteiger partial charge is 0.108 e. The van der Waals surface area contributed by atoms with E-state index in [1.165, 1.54) is 0 Å². The molecule has 0 aliphatic carbocycles. The molecule has 0 fully saturated rings. The number of aryl methyl sites for hydroxylation is 1. The van der Waals surface area contributed by atoms with Crippen molar-refractivity contribution in [2.45, 2.75) is 19.1 Å². The molecule has 2 unspecified atom stereocenters. The highest BCUT2D eigenvalue weighted by Gasteiger charge is 2.19. The average molecular weight is 216 g/mol. The molecule has 0 saturated heterocycles. The molecule has 2 atom stereocenters. The fourth-order valence-electron chi connectivity index (χ4n) is 1.23. The Hall–Kier alpha value is -0.610. The topological polar surface area (TPSA) is 66.5 Å². The minimum absolute atomic E-state index is 0.00539. The molecular formula is C10H14ClNO2. The summed E-state index contributed by atoms with van der Waals surface area (Å²) in [5, 5.41) is 19.5. The summed E-state index contributed by atoms with van der Waals surface area (Å²) in [4.78, 5) is 0. The zero-order valence-electron chi connectivity index (χ0n) is 7.94. The SMILES string of the molecule is Cc1ccc(Cl)c(C(O)C(O)CN)c1. The van der Waals surface area contributed by atoms with Crippen molar-refractivity contribution >= 4 is 11.6 Å². The van der Waals surface area contributed by atoms with Gasteiger partial charge >= 0.3 is 0 Å². The quantitative estimate of drug-likeness (QED) is 0.705. The second-order valence-electron chi connectivity index (χ2n) is 3.27. The van der Waals surface area contributed by atoms with Crippen molar-refractivity contribution in [3.63, 3.8) is 0 Å². The van der Waals surface area contributed by atoms with E-state index < -0.39 is 12.2 Å². The van der Waals surface area contributed by atoms with E-state index >= 15 is 0 Å². The van der Waals surface area contributed by atoms with E-state index in [1.54, 1.807) is 12.1 Å². The lowest BCUT2D eigenvalue weighted by Gasteiger charge is -2.17. The van der Waals surface area contributed by atoms with Crippen LogP contribution in [0.3, 0.4) is 0 Å². The van der Waals surface area contributed by atoms with Gasteiger partial charge in [-0.3, -0.25) is 0 Å². The molecule has 0 heterocycles. The Balaban J connectivity index is 2.99. The van der Waals surface area contributed by atoms with Crippen LogP contribution in [0.25, 0.3) is 0 Å². The molecule has 78 valence electrons. The maximum absolute atomic E-state index is 9.68. The molecular weight excluding hydrogens is 202 g/mol. The average Bonchev–Trinajstić information content (AvgIpc) is 2.19. The highest BCUT2D eigenvalue weighted by molar-refractivity contribution is 6.31. The van der Waals surface area contributed by atoms with Crippen molar-refractivity contribution in [1.82, 2.24) is 0 Å². The summed E-state index contributed by atoms with van der Waals surface area (Å²) >= 11 is 5.88. The lowest BCUT2D eigenvalue weighted by atomic mass is 10.0. The van der Waals surface area contributed by atoms with Gasteiger partial charge in [0, 0.05) is 17.1 Å². The maximum Gasteiger partial charge on any atom is 0.108 e. The van der Waals surface area contributed by atoms with E-state index in [1.807, 2.05) is 13.0 Å². The molecule has 1 aromatic rings. The normalized spacial score (nSPS) is 15.2. The highest BCUT2D eigenvalue weighted by Crippen LogP contribution is 2.25. The predicted molar refractivity (Wildman–Crippen MR) is 56.2 cm³/mol. The van der Waals surface area contributed by atoms with Gasteiger partial charge in [0.1, 0.15) is 6.10 Å². The Kier molecular flexibility index (Phi) is 3.89. The largest absolute Gasteiger partial charge is 0.389 e. The van der Waals surface area contributed by atoms with Gasteiger partial charge in [0.15, 0.2) is 0 Å². The summed E-state index contributed by atoms with van der Waals surface area (Å²) < 4.78 is 0. The van der Waals surface area contributed by atoms with E-state index in [0.29, 0.717) is 10.6 Å².